The smallest absolute Gasteiger partial charge is 0.354 e. The summed E-state index contributed by atoms with van der Waals surface area (Å²) < 4.78 is 53.9. The average molecular weight is 433 g/mol. The van der Waals surface area contributed by atoms with Crippen LogP contribution in [-0.2, 0) is 22.2 Å². The number of amides is 2. The molecule has 3 aromatic rings. The third-order valence-electron chi connectivity index (χ3n) is 5.37. The van der Waals surface area contributed by atoms with E-state index >= 15 is 0 Å². The summed E-state index contributed by atoms with van der Waals surface area (Å²) in [5.41, 5.74) is 0.541. The fourth-order valence-corrected chi connectivity index (χ4v) is 3.87. The van der Waals surface area contributed by atoms with Gasteiger partial charge in [-0.3, -0.25) is 9.59 Å². The summed E-state index contributed by atoms with van der Waals surface area (Å²) in [5.74, 6) is -1.08. The van der Waals surface area contributed by atoms with Crippen molar-refractivity contribution < 1.29 is 27.2 Å². The van der Waals surface area contributed by atoms with E-state index in [0.717, 1.165) is 6.07 Å². The Labute approximate surface area is 174 Å². The minimum Gasteiger partial charge on any atom is -0.354 e. The lowest BCUT2D eigenvalue weighted by Gasteiger charge is -2.11. The van der Waals surface area contributed by atoms with Crippen molar-refractivity contribution in [2.24, 2.45) is 0 Å². The van der Waals surface area contributed by atoms with Crippen molar-refractivity contribution in [2.75, 3.05) is 6.54 Å². The highest BCUT2D eigenvalue weighted by Gasteiger charge is 2.34. The number of hydrogen-bond acceptors (Lipinski definition) is 2. The molecule has 2 amide bonds. The van der Waals surface area contributed by atoms with Crippen LogP contribution >= 0.6 is 0 Å². The Morgan fingerprint density at radius 3 is 2.52 bits per heavy atom. The first-order valence-corrected chi connectivity index (χ1v) is 9.78. The van der Waals surface area contributed by atoms with Crippen molar-refractivity contribution >= 4 is 22.7 Å². The number of para-hydroxylation sites is 1. The van der Waals surface area contributed by atoms with Crippen LogP contribution in [0.3, 0.4) is 0 Å². The number of rotatable bonds is 5. The summed E-state index contributed by atoms with van der Waals surface area (Å²) in [7, 11) is 0. The van der Waals surface area contributed by atoms with E-state index in [1.807, 2.05) is 0 Å². The molecule has 1 aliphatic heterocycles. The van der Waals surface area contributed by atoms with E-state index in [1.165, 1.54) is 30.3 Å². The van der Waals surface area contributed by atoms with Crippen LogP contribution in [0.15, 0.2) is 42.5 Å². The van der Waals surface area contributed by atoms with Gasteiger partial charge in [0, 0.05) is 24.0 Å². The molecule has 0 bridgehead atoms. The molecule has 1 aliphatic rings. The molecule has 2 heterocycles. The van der Waals surface area contributed by atoms with Gasteiger partial charge in [0.05, 0.1) is 11.1 Å². The fourth-order valence-electron chi connectivity index (χ4n) is 3.87. The second-order valence-corrected chi connectivity index (χ2v) is 7.41. The first-order chi connectivity index (χ1) is 14.7. The Balaban J connectivity index is 1.69. The van der Waals surface area contributed by atoms with Crippen molar-refractivity contribution in [3.05, 3.63) is 59.4 Å². The normalized spacial score (nSPS) is 16.5. The molecule has 4 rings (SSSR count). The molecule has 3 N–H and O–H groups in total. The number of H-pyrrole nitrogens is 1. The van der Waals surface area contributed by atoms with Crippen LogP contribution in [0.25, 0.3) is 22.2 Å². The maximum atomic E-state index is 13.5. The van der Waals surface area contributed by atoms with Crippen LogP contribution in [-0.4, -0.2) is 29.4 Å². The molecule has 31 heavy (non-hydrogen) atoms. The van der Waals surface area contributed by atoms with Gasteiger partial charge in [-0.05, 0) is 54.3 Å². The lowest BCUT2D eigenvalue weighted by atomic mass is 9.99. The maximum Gasteiger partial charge on any atom is 0.418 e. The number of halogens is 4. The SMILES string of the molecule is O=C(CCc1c(-c2ccc(F)cc2)[nH]c2c(C(F)(F)F)cccc12)NC1CCNC1=O. The molecule has 2 aromatic carbocycles. The van der Waals surface area contributed by atoms with Crippen LogP contribution in [0.4, 0.5) is 17.6 Å². The van der Waals surface area contributed by atoms with E-state index in [1.54, 1.807) is 6.07 Å². The molecule has 0 radical (unpaired) electrons. The van der Waals surface area contributed by atoms with Gasteiger partial charge in [0.2, 0.25) is 11.8 Å². The molecular weight excluding hydrogens is 414 g/mol. The summed E-state index contributed by atoms with van der Waals surface area (Å²) in [5, 5.41) is 5.63. The van der Waals surface area contributed by atoms with Gasteiger partial charge < -0.3 is 15.6 Å². The van der Waals surface area contributed by atoms with E-state index in [4.69, 9.17) is 0 Å². The standard InChI is InChI=1S/C22H19F4N3O2/c23-13-6-4-12(5-7-13)19-15(8-9-18(30)28-17-10-11-27-21(17)31)14-2-1-3-16(20(14)29-19)22(24,25)26/h1-7,17,29H,8-11H2,(H,27,31)(H,28,30). The Hall–Kier alpha value is -3.36. The summed E-state index contributed by atoms with van der Waals surface area (Å²) >= 11 is 0. The Kier molecular flexibility index (Phi) is 5.43. The number of aromatic nitrogens is 1. The topological polar surface area (TPSA) is 74.0 Å². The third kappa shape index (κ3) is 4.26. The molecule has 1 saturated heterocycles. The van der Waals surface area contributed by atoms with E-state index < -0.39 is 23.6 Å². The van der Waals surface area contributed by atoms with Crippen LogP contribution < -0.4 is 10.6 Å². The highest BCUT2D eigenvalue weighted by atomic mass is 19.4. The van der Waals surface area contributed by atoms with E-state index in [9.17, 15) is 27.2 Å². The lowest BCUT2D eigenvalue weighted by molar-refractivity contribution is -0.136. The minimum absolute atomic E-state index is 0.0127. The highest BCUT2D eigenvalue weighted by molar-refractivity contribution is 5.94. The van der Waals surface area contributed by atoms with E-state index in [-0.39, 0.29) is 30.2 Å². The van der Waals surface area contributed by atoms with E-state index in [2.05, 4.69) is 15.6 Å². The first-order valence-electron chi connectivity index (χ1n) is 9.78. The van der Waals surface area contributed by atoms with Gasteiger partial charge in [-0.25, -0.2) is 4.39 Å². The van der Waals surface area contributed by atoms with Crippen molar-refractivity contribution in [1.29, 1.82) is 0 Å². The van der Waals surface area contributed by atoms with Gasteiger partial charge in [-0.15, -0.1) is 0 Å². The monoisotopic (exact) mass is 433 g/mol. The fraction of sp³-hybridized carbons (Fsp3) is 0.273. The maximum absolute atomic E-state index is 13.5. The van der Waals surface area contributed by atoms with Crippen molar-refractivity contribution in [2.45, 2.75) is 31.5 Å². The number of alkyl halides is 3. The Morgan fingerprint density at radius 2 is 1.87 bits per heavy atom. The average Bonchev–Trinajstić information content (AvgIpc) is 3.29. The predicted octanol–water partition coefficient (Wildman–Crippen LogP) is 3.93. The number of fused-ring (bicyclic) bond motifs is 1. The quantitative estimate of drug-likeness (QED) is 0.534. The van der Waals surface area contributed by atoms with Gasteiger partial charge in [-0.1, -0.05) is 12.1 Å². The van der Waals surface area contributed by atoms with Gasteiger partial charge >= 0.3 is 6.18 Å². The summed E-state index contributed by atoms with van der Waals surface area (Å²) in [6, 6.07) is 8.67. The number of nitrogens with one attached hydrogen (secondary N) is 3. The number of hydrogen-bond donors (Lipinski definition) is 3. The molecule has 162 valence electrons. The predicted molar refractivity (Wildman–Crippen MR) is 107 cm³/mol. The Bertz CT molecular complexity index is 1140. The van der Waals surface area contributed by atoms with Crippen LogP contribution in [0.5, 0.6) is 0 Å². The molecule has 0 saturated carbocycles. The summed E-state index contributed by atoms with van der Waals surface area (Å²) in [4.78, 5) is 26.9. The molecule has 0 spiro atoms. The van der Waals surface area contributed by atoms with Crippen LogP contribution in [0.1, 0.15) is 24.0 Å². The second kappa shape index (κ2) is 8.05. The number of carbonyl (C=O) groups excluding carboxylic acids is 2. The zero-order valence-corrected chi connectivity index (χ0v) is 16.3. The number of aryl methyl sites for hydroxylation is 1. The minimum atomic E-state index is -4.56. The molecule has 1 atom stereocenters. The first kappa shape index (κ1) is 20.9. The number of benzene rings is 2. The highest BCUT2D eigenvalue weighted by Crippen LogP contribution is 2.39. The Morgan fingerprint density at radius 1 is 1.13 bits per heavy atom. The molecule has 5 nitrogen and oxygen atoms in total. The number of carbonyl (C=O) groups is 2. The van der Waals surface area contributed by atoms with Crippen molar-refractivity contribution in [1.82, 2.24) is 15.6 Å². The molecule has 1 fully saturated rings. The summed E-state index contributed by atoms with van der Waals surface area (Å²) in [6.45, 7) is 0.487. The zero-order chi connectivity index (χ0) is 22.2. The van der Waals surface area contributed by atoms with Gasteiger partial charge in [0.25, 0.3) is 0 Å². The van der Waals surface area contributed by atoms with Crippen molar-refractivity contribution in [3.8, 4) is 11.3 Å². The second-order valence-electron chi connectivity index (χ2n) is 7.41. The van der Waals surface area contributed by atoms with Gasteiger partial charge in [0.1, 0.15) is 11.9 Å². The molecule has 1 aromatic heterocycles. The lowest BCUT2D eigenvalue weighted by Crippen LogP contribution is -2.40. The van der Waals surface area contributed by atoms with E-state index in [0.29, 0.717) is 35.2 Å². The van der Waals surface area contributed by atoms with Crippen LogP contribution in [0, 0.1) is 5.82 Å². The van der Waals surface area contributed by atoms with Gasteiger partial charge in [0.15, 0.2) is 0 Å². The zero-order valence-electron chi connectivity index (χ0n) is 16.3. The van der Waals surface area contributed by atoms with Gasteiger partial charge in [-0.2, -0.15) is 13.2 Å². The summed E-state index contributed by atoms with van der Waals surface area (Å²) in [6.07, 6.45) is -3.93. The van der Waals surface area contributed by atoms with Crippen LogP contribution in [0.2, 0.25) is 0 Å². The molecular formula is C22H19F4N3O2. The number of aromatic amines is 1. The third-order valence-corrected chi connectivity index (χ3v) is 5.37. The largest absolute Gasteiger partial charge is 0.418 e. The molecule has 0 aliphatic carbocycles. The molecule has 1 unspecified atom stereocenters. The molecule has 9 heteroatoms. The van der Waals surface area contributed by atoms with Crippen molar-refractivity contribution in [3.63, 3.8) is 0 Å².